The summed E-state index contributed by atoms with van der Waals surface area (Å²) in [6.07, 6.45) is 0. The molecule has 1 aromatic rings. The summed E-state index contributed by atoms with van der Waals surface area (Å²) in [5.41, 5.74) is 1.01. The van der Waals surface area contributed by atoms with Crippen molar-refractivity contribution in [3.63, 3.8) is 0 Å². The normalized spacial score (nSPS) is 10.1. The molecule has 0 fully saturated rings. The molecule has 5 nitrogen and oxygen atoms in total. The van der Waals surface area contributed by atoms with Gasteiger partial charge in [0.1, 0.15) is 0 Å². The molecule has 0 bridgehead atoms. The van der Waals surface area contributed by atoms with Gasteiger partial charge in [-0.05, 0) is 12.1 Å². The van der Waals surface area contributed by atoms with Crippen LogP contribution in [0, 0.1) is 0 Å². The molecule has 0 saturated carbocycles. The first kappa shape index (κ1) is 13.8. The fourth-order valence-corrected chi connectivity index (χ4v) is 1.80. The molecule has 1 rings (SSSR count). The van der Waals surface area contributed by atoms with Crippen molar-refractivity contribution in [1.82, 2.24) is 5.01 Å². The Balaban J connectivity index is 3.17. The molecular weight excluding hydrogens is 288 g/mol. The molecule has 17 heavy (non-hydrogen) atoms. The number of nitrogens with two attached hydrogens (primary N) is 1. The number of nitrogens with zero attached hydrogens (tertiary/aromatic N) is 1. The molecular formula is C11H13BrN2O3. The van der Waals surface area contributed by atoms with E-state index in [-0.39, 0.29) is 6.61 Å². The molecule has 1 aromatic carbocycles. The van der Waals surface area contributed by atoms with Crippen LogP contribution < -0.4 is 5.84 Å². The Bertz CT molecular complexity index is 448. The third kappa shape index (κ3) is 3.12. The first-order valence-electron chi connectivity index (χ1n) is 4.85. The first-order chi connectivity index (χ1) is 7.99. The summed E-state index contributed by atoms with van der Waals surface area (Å²) in [6.45, 7) is 1.49. The number of hydrogen-bond acceptors (Lipinski definition) is 4. The van der Waals surface area contributed by atoms with Crippen LogP contribution in [0.15, 0.2) is 22.7 Å². The lowest BCUT2D eigenvalue weighted by atomic mass is 10.1. The number of benzene rings is 1. The minimum absolute atomic E-state index is 0.258. The molecule has 2 amide bonds. The highest BCUT2D eigenvalue weighted by Gasteiger charge is 2.20. The Morgan fingerprint density at radius 3 is 2.65 bits per heavy atom. The lowest BCUT2D eigenvalue weighted by molar-refractivity contribution is -0.126. The topological polar surface area (TPSA) is 72.6 Å². The third-order valence-corrected chi connectivity index (χ3v) is 2.94. The average Bonchev–Trinajstić information content (AvgIpc) is 2.30. The van der Waals surface area contributed by atoms with E-state index in [2.05, 4.69) is 15.9 Å². The summed E-state index contributed by atoms with van der Waals surface area (Å²) < 4.78 is 5.75. The van der Waals surface area contributed by atoms with Gasteiger partial charge in [0.05, 0.1) is 6.61 Å². The van der Waals surface area contributed by atoms with Crippen molar-refractivity contribution < 1.29 is 14.3 Å². The van der Waals surface area contributed by atoms with E-state index in [1.807, 2.05) is 0 Å². The van der Waals surface area contributed by atoms with Gasteiger partial charge in [0.2, 0.25) is 5.91 Å². The summed E-state index contributed by atoms with van der Waals surface area (Å²) >= 11 is 3.33. The number of imide groups is 1. The highest BCUT2D eigenvalue weighted by molar-refractivity contribution is 9.10. The maximum absolute atomic E-state index is 11.9. The van der Waals surface area contributed by atoms with Crippen molar-refractivity contribution >= 4 is 27.7 Å². The van der Waals surface area contributed by atoms with Crippen LogP contribution in [0.25, 0.3) is 0 Å². The number of rotatable bonds is 3. The summed E-state index contributed by atoms with van der Waals surface area (Å²) in [5.74, 6) is 4.32. The van der Waals surface area contributed by atoms with Gasteiger partial charge in [0, 0.05) is 29.6 Å². The van der Waals surface area contributed by atoms with Gasteiger partial charge in [-0.3, -0.25) is 9.59 Å². The Hall–Kier alpha value is -1.24. The Morgan fingerprint density at radius 1 is 1.47 bits per heavy atom. The molecule has 0 aromatic heterocycles. The zero-order valence-corrected chi connectivity index (χ0v) is 11.2. The molecule has 0 atom stereocenters. The zero-order chi connectivity index (χ0) is 13.0. The van der Waals surface area contributed by atoms with Gasteiger partial charge in [0.25, 0.3) is 5.91 Å². The Morgan fingerprint density at radius 2 is 2.12 bits per heavy atom. The smallest absolute Gasteiger partial charge is 0.275 e. The van der Waals surface area contributed by atoms with E-state index in [9.17, 15) is 9.59 Å². The van der Waals surface area contributed by atoms with E-state index in [4.69, 9.17) is 10.6 Å². The molecule has 0 unspecified atom stereocenters. The molecule has 0 aliphatic carbocycles. The SMILES string of the molecule is COCc1c(Br)cccc1C(=O)N(N)C(C)=O. The van der Waals surface area contributed by atoms with Gasteiger partial charge in [0.15, 0.2) is 0 Å². The van der Waals surface area contributed by atoms with Crippen LogP contribution in [0.2, 0.25) is 0 Å². The number of hydrogen-bond donors (Lipinski definition) is 1. The second-order valence-corrected chi connectivity index (χ2v) is 4.25. The molecule has 0 radical (unpaired) electrons. The lowest BCUT2D eigenvalue weighted by Gasteiger charge is -2.15. The highest BCUT2D eigenvalue weighted by atomic mass is 79.9. The third-order valence-electron chi connectivity index (χ3n) is 2.20. The molecule has 2 N–H and O–H groups in total. The summed E-state index contributed by atoms with van der Waals surface area (Å²) in [6, 6.07) is 5.09. The fourth-order valence-electron chi connectivity index (χ4n) is 1.32. The van der Waals surface area contributed by atoms with Gasteiger partial charge < -0.3 is 4.74 Å². The monoisotopic (exact) mass is 300 g/mol. The zero-order valence-electron chi connectivity index (χ0n) is 9.57. The van der Waals surface area contributed by atoms with E-state index in [0.717, 1.165) is 4.47 Å². The van der Waals surface area contributed by atoms with Crippen LogP contribution >= 0.6 is 15.9 Å². The van der Waals surface area contributed by atoms with Gasteiger partial charge in [-0.25, -0.2) is 10.9 Å². The molecule has 92 valence electrons. The van der Waals surface area contributed by atoms with Crippen LogP contribution in [0.3, 0.4) is 0 Å². The number of carbonyl (C=O) groups is 2. The van der Waals surface area contributed by atoms with Gasteiger partial charge in [-0.15, -0.1) is 0 Å². The van der Waals surface area contributed by atoms with Gasteiger partial charge in [-0.1, -0.05) is 22.0 Å². The van der Waals surface area contributed by atoms with E-state index < -0.39 is 11.8 Å². The van der Waals surface area contributed by atoms with Crippen molar-refractivity contribution in [3.05, 3.63) is 33.8 Å². The number of ether oxygens (including phenoxy) is 1. The lowest BCUT2D eigenvalue weighted by Crippen LogP contribution is -2.41. The van der Waals surface area contributed by atoms with Crippen molar-refractivity contribution in [3.8, 4) is 0 Å². The van der Waals surface area contributed by atoms with Crippen LogP contribution in [0.4, 0.5) is 0 Å². The average molecular weight is 301 g/mol. The van der Waals surface area contributed by atoms with Crippen molar-refractivity contribution in [2.24, 2.45) is 5.84 Å². The minimum atomic E-state index is -0.550. The molecule has 0 heterocycles. The maximum Gasteiger partial charge on any atom is 0.275 e. The largest absolute Gasteiger partial charge is 0.380 e. The van der Waals surface area contributed by atoms with Crippen molar-refractivity contribution in [2.45, 2.75) is 13.5 Å². The summed E-state index contributed by atoms with van der Waals surface area (Å²) in [7, 11) is 1.53. The number of carbonyl (C=O) groups excluding carboxylic acids is 2. The van der Waals surface area contributed by atoms with Crippen LogP contribution in [0.5, 0.6) is 0 Å². The van der Waals surface area contributed by atoms with Crippen molar-refractivity contribution in [2.75, 3.05) is 7.11 Å². The van der Waals surface area contributed by atoms with E-state index >= 15 is 0 Å². The Kier molecular flexibility index (Phi) is 4.80. The first-order valence-corrected chi connectivity index (χ1v) is 5.64. The standard InChI is InChI=1S/C11H13BrN2O3/c1-7(15)14(13)11(16)8-4-3-5-10(12)9(8)6-17-2/h3-5H,6,13H2,1-2H3. The predicted molar refractivity (Wildman–Crippen MR) is 65.9 cm³/mol. The number of hydrazine groups is 1. The predicted octanol–water partition coefficient (Wildman–Crippen LogP) is 1.46. The molecule has 0 aliphatic rings. The minimum Gasteiger partial charge on any atom is -0.380 e. The second kappa shape index (κ2) is 5.90. The Labute approximate surface area is 108 Å². The van der Waals surface area contributed by atoms with Gasteiger partial charge >= 0.3 is 0 Å². The fraction of sp³-hybridized carbons (Fsp3) is 0.273. The molecule has 0 aliphatic heterocycles. The van der Waals surface area contributed by atoms with E-state index in [1.165, 1.54) is 14.0 Å². The van der Waals surface area contributed by atoms with E-state index in [1.54, 1.807) is 18.2 Å². The summed E-state index contributed by atoms with van der Waals surface area (Å²) in [5, 5.41) is 0.584. The quantitative estimate of drug-likeness (QED) is 0.521. The number of halogens is 1. The van der Waals surface area contributed by atoms with Crippen LogP contribution in [0.1, 0.15) is 22.8 Å². The summed E-state index contributed by atoms with van der Waals surface area (Å²) in [4.78, 5) is 23.0. The molecule has 0 spiro atoms. The van der Waals surface area contributed by atoms with Crippen LogP contribution in [-0.4, -0.2) is 23.9 Å². The van der Waals surface area contributed by atoms with Gasteiger partial charge in [-0.2, -0.15) is 0 Å². The number of amides is 2. The number of methoxy groups -OCH3 is 1. The highest BCUT2D eigenvalue weighted by Crippen LogP contribution is 2.22. The van der Waals surface area contributed by atoms with E-state index in [0.29, 0.717) is 16.1 Å². The van der Waals surface area contributed by atoms with Crippen LogP contribution in [-0.2, 0) is 16.1 Å². The maximum atomic E-state index is 11.9. The van der Waals surface area contributed by atoms with Crippen molar-refractivity contribution in [1.29, 1.82) is 0 Å². The molecule has 0 saturated heterocycles. The molecule has 6 heteroatoms. The second-order valence-electron chi connectivity index (χ2n) is 3.39.